The van der Waals surface area contributed by atoms with Crippen LogP contribution in [0.2, 0.25) is 0 Å². The fraction of sp³-hybridized carbons (Fsp3) is 0.524. The Hall–Kier alpha value is -1.70. The van der Waals surface area contributed by atoms with E-state index >= 15 is 0 Å². The molecule has 0 atom stereocenters. The molecule has 2 nitrogen and oxygen atoms in total. The summed E-state index contributed by atoms with van der Waals surface area (Å²) >= 11 is 0. The second kappa shape index (κ2) is 5.43. The lowest BCUT2D eigenvalue weighted by Gasteiger charge is -2.59. The zero-order chi connectivity index (χ0) is 17.6. The second-order valence-corrected chi connectivity index (χ2v) is 8.64. The number of hydrogen-bond acceptors (Lipinski definition) is 2. The summed E-state index contributed by atoms with van der Waals surface area (Å²) in [5, 5.41) is 0. The molecule has 0 spiro atoms. The first-order chi connectivity index (χ1) is 10.5. The first-order valence-electron chi connectivity index (χ1n) is 8.27. The Morgan fingerprint density at radius 2 is 1.48 bits per heavy atom. The molecule has 0 heterocycles. The van der Waals surface area contributed by atoms with Crippen LogP contribution >= 0.6 is 0 Å². The molecule has 0 radical (unpaired) electrons. The van der Waals surface area contributed by atoms with Crippen LogP contribution in [-0.4, -0.2) is 11.6 Å². The third-order valence-corrected chi connectivity index (χ3v) is 5.32. The van der Waals surface area contributed by atoms with Gasteiger partial charge in [-0.2, -0.15) is 0 Å². The molecule has 0 aliphatic heterocycles. The maximum atomic E-state index is 13.1. The first-order valence-corrected chi connectivity index (χ1v) is 8.27. The van der Waals surface area contributed by atoms with Gasteiger partial charge in [0.1, 0.15) is 0 Å². The highest BCUT2D eigenvalue weighted by molar-refractivity contribution is 6.28. The van der Waals surface area contributed by atoms with Gasteiger partial charge in [0.05, 0.1) is 11.3 Å². The van der Waals surface area contributed by atoms with Crippen LogP contribution in [0.1, 0.15) is 52.7 Å². The van der Waals surface area contributed by atoms with Gasteiger partial charge in [0.2, 0.25) is 0 Å². The Kier molecular flexibility index (Phi) is 4.17. The van der Waals surface area contributed by atoms with Crippen LogP contribution in [0.5, 0.6) is 0 Å². The Labute approximate surface area is 140 Å². The molecular weight excluding hydrogens is 284 g/mol. The topological polar surface area (TPSA) is 34.1 Å². The van der Waals surface area contributed by atoms with E-state index in [9.17, 15) is 9.59 Å². The van der Waals surface area contributed by atoms with Crippen molar-refractivity contribution in [2.24, 2.45) is 22.2 Å². The molecular formula is C21H28O2. The average molecular weight is 312 g/mol. The van der Waals surface area contributed by atoms with Crippen LogP contribution < -0.4 is 0 Å². The van der Waals surface area contributed by atoms with E-state index in [1.807, 2.05) is 65.8 Å². The molecule has 1 aliphatic carbocycles. The van der Waals surface area contributed by atoms with Gasteiger partial charge in [0.25, 0.3) is 0 Å². The molecule has 23 heavy (non-hydrogen) atoms. The summed E-state index contributed by atoms with van der Waals surface area (Å²) < 4.78 is 0. The third-order valence-electron chi connectivity index (χ3n) is 5.32. The summed E-state index contributed by atoms with van der Waals surface area (Å²) in [6, 6.07) is 7.83. The fourth-order valence-electron chi connectivity index (χ4n) is 4.61. The Balaban J connectivity index is 2.39. The average Bonchev–Trinajstić information content (AvgIpc) is 2.42. The van der Waals surface area contributed by atoms with Gasteiger partial charge in [-0.3, -0.25) is 9.59 Å². The molecule has 1 aromatic carbocycles. The molecule has 0 amide bonds. The zero-order valence-corrected chi connectivity index (χ0v) is 15.2. The minimum absolute atomic E-state index is 0.0985. The zero-order valence-electron chi connectivity index (χ0n) is 15.2. The highest BCUT2D eigenvalue weighted by Crippen LogP contribution is 2.61. The largest absolute Gasteiger partial charge is 0.298 e. The molecule has 1 aliphatic rings. The number of benzene rings is 1. The van der Waals surface area contributed by atoms with Crippen molar-refractivity contribution in [3.05, 3.63) is 42.0 Å². The molecule has 1 saturated carbocycles. The molecule has 2 rings (SSSR count). The van der Waals surface area contributed by atoms with Crippen molar-refractivity contribution in [3.63, 3.8) is 0 Å². The maximum Gasteiger partial charge on any atom is 0.158 e. The molecule has 0 unspecified atom stereocenters. The van der Waals surface area contributed by atoms with Crippen LogP contribution in [0.25, 0.3) is 6.08 Å². The number of rotatable bonds is 3. The summed E-state index contributed by atoms with van der Waals surface area (Å²) in [7, 11) is 0. The SMILES string of the molecule is C=Cc1ccccc1CC1C(=O)C(C(C)(C)C)(C(C)(C)C)C1=O. The summed E-state index contributed by atoms with van der Waals surface area (Å²) in [6.07, 6.45) is 2.26. The molecule has 0 saturated heterocycles. The normalized spacial score (nSPS) is 18.7. The van der Waals surface area contributed by atoms with Crippen molar-refractivity contribution in [3.8, 4) is 0 Å². The van der Waals surface area contributed by atoms with Gasteiger partial charge in [-0.15, -0.1) is 0 Å². The van der Waals surface area contributed by atoms with Gasteiger partial charge < -0.3 is 0 Å². The van der Waals surface area contributed by atoms with Crippen molar-refractivity contribution in [1.29, 1.82) is 0 Å². The number of carbonyl (C=O) groups is 2. The Morgan fingerprint density at radius 3 is 1.91 bits per heavy atom. The molecule has 1 aromatic rings. The van der Waals surface area contributed by atoms with Crippen molar-refractivity contribution in [2.45, 2.75) is 48.0 Å². The van der Waals surface area contributed by atoms with Crippen molar-refractivity contribution < 1.29 is 9.59 Å². The number of Topliss-reactive ketones (excluding diaryl/α,β-unsaturated/α-hetero) is 2. The minimum atomic E-state index is -0.895. The van der Waals surface area contributed by atoms with E-state index in [0.29, 0.717) is 6.42 Å². The van der Waals surface area contributed by atoms with Crippen LogP contribution in [0.4, 0.5) is 0 Å². The van der Waals surface area contributed by atoms with Gasteiger partial charge in [-0.25, -0.2) is 0 Å². The fourth-order valence-corrected chi connectivity index (χ4v) is 4.61. The van der Waals surface area contributed by atoms with E-state index in [1.165, 1.54) is 0 Å². The van der Waals surface area contributed by atoms with Crippen LogP contribution in [0.3, 0.4) is 0 Å². The van der Waals surface area contributed by atoms with Crippen molar-refractivity contribution in [1.82, 2.24) is 0 Å². The van der Waals surface area contributed by atoms with Crippen LogP contribution in [-0.2, 0) is 16.0 Å². The van der Waals surface area contributed by atoms with E-state index in [0.717, 1.165) is 11.1 Å². The third kappa shape index (κ3) is 2.39. The van der Waals surface area contributed by atoms with Gasteiger partial charge in [0.15, 0.2) is 11.6 Å². The smallest absolute Gasteiger partial charge is 0.158 e. The number of carbonyl (C=O) groups excluding carboxylic acids is 2. The standard InChI is InChI=1S/C21H28O2/c1-8-14-11-9-10-12-15(14)13-16-17(22)21(18(16)23,19(2,3)4)20(5,6)7/h8-12,16H,1,13H2,2-7H3. The number of ketones is 2. The molecule has 0 aromatic heterocycles. The van der Waals surface area contributed by atoms with Crippen LogP contribution in [0, 0.1) is 22.2 Å². The predicted octanol–water partition coefficient (Wildman–Crippen LogP) is 4.72. The lowest BCUT2D eigenvalue weighted by molar-refractivity contribution is -0.182. The van der Waals surface area contributed by atoms with E-state index in [1.54, 1.807) is 6.08 Å². The summed E-state index contributed by atoms with van der Waals surface area (Å²) in [6.45, 7) is 15.8. The highest BCUT2D eigenvalue weighted by atomic mass is 16.2. The molecule has 124 valence electrons. The van der Waals surface area contributed by atoms with Gasteiger partial charge in [-0.1, -0.05) is 78.5 Å². The molecule has 0 N–H and O–H groups in total. The van der Waals surface area contributed by atoms with Gasteiger partial charge in [0, 0.05) is 0 Å². The van der Waals surface area contributed by atoms with Gasteiger partial charge >= 0.3 is 0 Å². The number of hydrogen-bond donors (Lipinski definition) is 0. The highest BCUT2D eigenvalue weighted by Gasteiger charge is 2.71. The van der Waals surface area contributed by atoms with E-state index in [2.05, 4.69) is 6.58 Å². The molecule has 0 bridgehead atoms. The van der Waals surface area contributed by atoms with Gasteiger partial charge in [-0.05, 0) is 28.4 Å². The lowest BCUT2D eigenvalue weighted by atomic mass is 9.40. The first kappa shape index (κ1) is 17.7. The van der Waals surface area contributed by atoms with E-state index in [-0.39, 0.29) is 22.4 Å². The Morgan fingerprint density at radius 1 is 1.00 bits per heavy atom. The minimum Gasteiger partial charge on any atom is -0.298 e. The van der Waals surface area contributed by atoms with Crippen LogP contribution in [0.15, 0.2) is 30.8 Å². The molecule has 1 fully saturated rings. The quantitative estimate of drug-likeness (QED) is 0.757. The van der Waals surface area contributed by atoms with E-state index < -0.39 is 11.3 Å². The Bertz CT molecular complexity index is 621. The predicted molar refractivity (Wildman–Crippen MR) is 95.1 cm³/mol. The van der Waals surface area contributed by atoms with Crippen molar-refractivity contribution >= 4 is 17.6 Å². The maximum absolute atomic E-state index is 13.1. The summed E-state index contributed by atoms with van der Waals surface area (Å²) in [5.41, 5.74) is 0.359. The van der Waals surface area contributed by atoms with E-state index in [4.69, 9.17) is 0 Å². The summed E-state index contributed by atoms with van der Waals surface area (Å²) in [5.74, 6) is -0.322. The van der Waals surface area contributed by atoms with Crippen molar-refractivity contribution in [2.75, 3.05) is 0 Å². The monoisotopic (exact) mass is 312 g/mol. The lowest BCUT2D eigenvalue weighted by Crippen LogP contribution is -2.70. The second-order valence-electron chi connectivity index (χ2n) is 8.64. The molecule has 2 heteroatoms. The summed E-state index contributed by atoms with van der Waals surface area (Å²) in [4.78, 5) is 26.3.